The molecule has 0 aromatic heterocycles. The second kappa shape index (κ2) is 5.52. The van der Waals surface area contributed by atoms with E-state index in [1.165, 1.54) is 13.2 Å². The van der Waals surface area contributed by atoms with Crippen molar-refractivity contribution < 1.29 is 14.6 Å². The first-order valence-corrected chi connectivity index (χ1v) is 6.05. The number of anilines is 2. The van der Waals surface area contributed by atoms with Gasteiger partial charge in [0.1, 0.15) is 11.5 Å². The number of aryl methyl sites for hydroxylation is 1. The molecule has 2 rings (SSSR count). The van der Waals surface area contributed by atoms with Crippen LogP contribution in [0.25, 0.3) is 0 Å². The van der Waals surface area contributed by atoms with Crippen molar-refractivity contribution in [3.8, 4) is 11.5 Å². The fourth-order valence-electron chi connectivity index (χ4n) is 1.79. The Labute approximate surface area is 117 Å². The van der Waals surface area contributed by atoms with Crippen LogP contribution in [0.3, 0.4) is 0 Å². The highest BCUT2D eigenvalue weighted by molar-refractivity contribution is 6.04. The first-order valence-electron chi connectivity index (χ1n) is 6.05. The minimum absolute atomic E-state index is 0.163. The summed E-state index contributed by atoms with van der Waals surface area (Å²) in [5.41, 5.74) is 7.92. The number of methoxy groups -OCH3 is 1. The SMILES string of the molecule is COc1cc(NC(=O)c2ccc(O)c(C)c2)ccc1N. The number of carbonyl (C=O) groups excluding carboxylic acids is 1. The van der Waals surface area contributed by atoms with E-state index in [4.69, 9.17) is 10.5 Å². The summed E-state index contributed by atoms with van der Waals surface area (Å²) in [6.07, 6.45) is 0. The van der Waals surface area contributed by atoms with Crippen molar-refractivity contribution >= 4 is 17.3 Å². The summed E-state index contributed by atoms with van der Waals surface area (Å²) in [6.45, 7) is 1.73. The molecule has 5 nitrogen and oxygen atoms in total. The highest BCUT2D eigenvalue weighted by atomic mass is 16.5. The third kappa shape index (κ3) is 2.83. The number of hydrogen-bond acceptors (Lipinski definition) is 4. The average Bonchev–Trinajstić information content (AvgIpc) is 2.43. The smallest absolute Gasteiger partial charge is 0.255 e. The van der Waals surface area contributed by atoms with E-state index in [9.17, 15) is 9.90 Å². The minimum atomic E-state index is -0.264. The Morgan fingerprint density at radius 1 is 1.25 bits per heavy atom. The number of phenols is 1. The van der Waals surface area contributed by atoms with E-state index in [0.717, 1.165) is 0 Å². The number of nitrogens with two attached hydrogens (primary N) is 1. The van der Waals surface area contributed by atoms with Crippen LogP contribution >= 0.6 is 0 Å². The molecule has 0 aliphatic rings. The van der Waals surface area contributed by atoms with Gasteiger partial charge in [0.25, 0.3) is 5.91 Å². The molecule has 0 atom stereocenters. The molecule has 104 valence electrons. The summed E-state index contributed by atoms with van der Waals surface area (Å²) in [6, 6.07) is 9.69. The number of hydrogen-bond donors (Lipinski definition) is 3. The van der Waals surface area contributed by atoms with Gasteiger partial charge in [-0.05, 0) is 42.8 Å². The van der Waals surface area contributed by atoms with Crippen molar-refractivity contribution in [1.29, 1.82) is 0 Å². The maximum Gasteiger partial charge on any atom is 0.255 e. The van der Waals surface area contributed by atoms with E-state index in [-0.39, 0.29) is 11.7 Å². The summed E-state index contributed by atoms with van der Waals surface area (Å²) in [5, 5.41) is 12.2. The van der Waals surface area contributed by atoms with Crippen molar-refractivity contribution in [3.63, 3.8) is 0 Å². The zero-order chi connectivity index (χ0) is 14.7. The van der Waals surface area contributed by atoms with Gasteiger partial charge in [0, 0.05) is 17.3 Å². The molecule has 5 heteroatoms. The maximum absolute atomic E-state index is 12.1. The van der Waals surface area contributed by atoms with Crippen LogP contribution in [0.5, 0.6) is 11.5 Å². The molecule has 0 fully saturated rings. The predicted octanol–water partition coefficient (Wildman–Crippen LogP) is 2.54. The standard InChI is InChI=1S/C15H16N2O3/c1-9-7-10(3-6-13(9)18)15(19)17-11-4-5-12(16)14(8-11)20-2/h3-8,18H,16H2,1-2H3,(H,17,19). The average molecular weight is 272 g/mol. The molecule has 2 aromatic rings. The molecule has 0 heterocycles. The Morgan fingerprint density at radius 2 is 2.00 bits per heavy atom. The number of nitrogen functional groups attached to an aromatic ring is 1. The van der Waals surface area contributed by atoms with E-state index < -0.39 is 0 Å². The Kier molecular flexibility index (Phi) is 3.79. The van der Waals surface area contributed by atoms with Crippen LogP contribution < -0.4 is 15.8 Å². The van der Waals surface area contributed by atoms with E-state index >= 15 is 0 Å². The minimum Gasteiger partial charge on any atom is -0.508 e. The van der Waals surface area contributed by atoms with Gasteiger partial charge in [-0.2, -0.15) is 0 Å². The summed E-state index contributed by atoms with van der Waals surface area (Å²) >= 11 is 0. The predicted molar refractivity (Wildman–Crippen MR) is 78.2 cm³/mol. The molecular weight excluding hydrogens is 256 g/mol. The normalized spacial score (nSPS) is 10.1. The van der Waals surface area contributed by atoms with Gasteiger partial charge in [0.05, 0.1) is 12.8 Å². The van der Waals surface area contributed by atoms with Crippen molar-refractivity contribution in [3.05, 3.63) is 47.5 Å². The third-order valence-electron chi connectivity index (χ3n) is 2.95. The van der Waals surface area contributed by atoms with Gasteiger partial charge >= 0.3 is 0 Å². The van der Waals surface area contributed by atoms with Gasteiger partial charge in [-0.1, -0.05) is 0 Å². The van der Waals surface area contributed by atoms with Crippen molar-refractivity contribution in [2.75, 3.05) is 18.2 Å². The second-order valence-electron chi connectivity index (χ2n) is 4.41. The van der Waals surface area contributed by atoms with Crippen LogP contribution in [0.15, 0.2) is 36.4 Å². The van der Waals surface area contributed by atoms with Crippen molar-refractivity contribution in [2.24, 2.45) is 0 Å². The van der Waals surface area contributed by atoms with Crippen LogP contribution in [0.4, 0.5) is 11.4 Å². The number of amides is 1. The van der Waals surface area contributed by atoms with Crippen LogP contribution in [0.1, 0.15) is 15.9 Å². The van der Waals surface area contributed by atoms with Gasteiger partial charge < -0.3 is 20.9 Å². The lowest BCUT2D eigenvalue weighted by atomic mass is 10.1. The van der Waals surface area contributed by atoms with Gasteiger partial charge in [-0.3, -0.25) is 4.79 Å². The largest absolute Gasteiger partial charge is 0.508 e. The second-order valence-corrected chi connectivity index (χ2v) is 4.41. The first-order chi connectivity index (χ1) is 9.51. The number of phenolic OH excluding ortho intramolecular Hbond substituents is 1. The summed E-state index contributed by atoms with van der Waals surface area (Å²) < 4.78 is 5.10. The number of benzene rings is 2. The molecule has 0 aliphatic heterocycles. The van der Waals surface area contributed by atoms with Gasteiger partial charge in [0.2, 0.25) is 0 Å². The lowest BCUT2D eigenvalue weighted by Gasteiger charge is -2.09. The molecule has 0 aliphatic carbocycles. The molecule has 1 amide bonds. The zero-order valence-electron chi connectivity index (χ0n) is 11.3. The van der Waals surface area contributed by atoms with Gasteiger partial charge in [0.15, 0.2) is 0 Å². The lowest BCUT2D eigenvalue weighted by molar-refractivity contribution is 0.102. The topological polar surface area (TPSA) is 84.6 Å². The van der Waals surface area contributed by atoms with E-state index in [1.807, 2.05) is 0 Å². The van der Waals surface area contributed by atoms with E-state index in [2.05, 4.69) is 5.32 Å². The monoisotopic (exact) mass is 272 g/mol. The fraction of sp³-hybridized carbons (Fsp3) is 0.133. The molecule has 4 N–H and O–H groups in total. The maximum atomic E-state index is 12.1. The number of nitrogens with one attached hydrogen (secondary N) is 1. The highest BCUT2D eigenvalue weighted by Crippen LogP contribution is 2.25. The van der Waals surface area contributed by atoms with Gasteiger partial charge in [-0.15, -0.1) is 0 Å². The number of ether oxygens (including phenoxy) is 1. The number of rotatable bonds is 3. The van der Waals surface area contributed by atoms with Crippen molar-refractivity contribution in [1.82, 2.24) is 0 Å². The molecule has 0 saturated carbocycles. The molecular formula is C15H16N2O3. The summed E-state index contributed by atoms with van der Waals surface area (Å²) in [4.78, 5) is 12.1. The van der Waals surface area contributed by atoms with E-state index in [1.54, 1.807) is 37.3 Å². The highest BCUT2D eigenvalue weighted by Gasteiger charge is 2.09. The molecule has 0 spiro atoms. The van der Waals surface area contributed by atoms with E-state index in [0.29, 0.717) is 28.3 Å². The molecule has 0 unspecified atom stereocenters. The zero-order valence-corrected chi connectivity index (χ0v) is 11.3. The van der Waals surface area contributed by atoms with Crippen LogP contribution in [-0.2, 0) is 0 Å². The number of aromatic hydroxyl groups is 1. The van der Waals surface area contributed by atoms with Crippen LogP contribution in [0.2, 0.25) is 0 Å². The van der Waals surface area contributed by atoms with Crippen molar-refractivity contribution in [2.45, 2.75) is 6.92 Å². The Bertz CT molecular complexity index is 654. The molecule has 2 aromatic carbocycles. The molecule has 0 bridgehead atoms. The quantitative estimate of drug-likeness (QED) is 0.750. The fourth-order valence-corrected chi connectivity index (χ4v) is 1.79. The Hall–Kier alpha value is -2.69. The lowest BCUT2D eigenvalue weighted by Crippen LogP contribution is -2.12. The summed E-state index contributed by atoms with van der Waals surface area (Å²) in [5.74, 6) is 0.403. The summed E-state index contributed by atoms with van der Waals surface area (Å²) in [7, 11) is 1.51. The Balaban J connectivity index is 2.21. The first kappa shape index (κ1) is 13.7. The molecule has 0 saturated heterocycles. The van der Waals surface area contributed by atoms with Crippen LogP contribution in [0, 0.1) is 6.92 Å². The molecule has 0 radical (unpaired) electrons. The van der Waals surface area contributed by atoms with Crippen LogP contribution in [-0.4, -0.2) is 18.1 Å². The van der Waals surface area contributed by atoms with Gasteiger partial charge in [-0.25, -0.2) is 0 Å². The molecule has 20 heavy (non-hydrogen) atoms. The number of carbonyl (C=O) groups is 1. The Morgan fingerprint density at radius 3 is 2.65 bits per heavy atom. The third-order valence-corrected chi connectivity index (χ3v) is 2.95.